The van der Waals surface area contributed by atoms with Gasteiger partial charge in [-0.15, -0.1) is 0 Å². The summed E-state index contributed by atoms with van der Waals surface area (Å²) in [4.78, 5) is 19.7. The molecule has 0 spiro atoms. The lowest BCUT2D eigenvalue weighted by Gasteiger charge is -2.29. The zero-order valence-corrected chi connectivity index (χ0v) is 11.6. The molecule has 1 fully saturated rings. The van der Waals surface area contributed by atoms with Crippen molar-refractivity contribution in [1.29, 1.82) is 0 Å². The molecule has 106 valence electrons. The van der Waals surface area contributed by atoms with E-state index < -0.39 is 0 Å². The highest BCUT2D eigenvalue weighted by atomic mass is 16.5. The molecule has 0 unspecified atom stereocenters. The molecule has 6 heteroatoms. The highest BCUT2D eigenvalue weighted by Crippen LogP contribution is 2.17. The van der Waals surface area contributed by atoms with Crippen LogP contribution in [0.25, 0.3) is 11.0 Å². The third kappa shape index (κ3) is 2.52. The van der Waals surface area contributed by atoms with Crippen LogP contribution in [-0.4, -0.2) is 41.2 Å². The average molecular weight is 274 g/mol. The molecule has 0 saturated carbocycles. The minimum atomic E-state index is -0.317. The van der Waals surface area contributed by atoms with Gasteiger partial charge in [0.1, 0.15) is 11.9 Å². The molecule has 1 amide bonds. The van der Waals surface area contributed by atoms with E-state index in [1.54, 1.807) is 0 Å². The number of morpholine rings is 1. The number of nitrogens with zero attached hydrogens (tertiary/aromatic N) is 1. The average Bonchev–Trinajstić information content (AvgIpc) is 2.78. The summed E-state index contributed by atoms with van der Waals surface area (Å²) >= 11 is 0. The monoisotopic (exact) mass is 274 g/mol. The molecule has 0 radical (unpaired) electrons. The third-order valence-electron chi connectivity index (χ3n) is 3.47. The minimum Gasteiger partial charge on any atom is -0.375 e. The largest absolute Gasteiger partial charge is 0.375 e. The van der Waals surface area contributed by atoms with Gasteiger partial charge in [0.05, 0.1) is 23.7 Å². The van der Waals surface area contributed by atoms with Crippen LogP contribution in [0.2, 0.25) is 0 Å². The normalized spacial score (nSPS) is 22.9. The Morgan fingerprint density at radius 1 is 1.50 bits per heavy atom. The van der Waals surface area contributed by atoms with Crippen LogP contribution in [0.5, 0.6) is 0 Å². The Balaban J connectivity index is 1.76. The molecule has 2 atom stereocenters. The van der Waals surface area contributed by atoms with Gasteiger partial charge in [-0.3, -0.25) is 4.79 Å². The number of hydrogen-bond acceptors (Lipinski definition) is 4. The predicted molar refractivity (Wildman–Crippen MR) is 76.7 cm³/mol. The zero-order chi connectivity index (χ0) is 14.1. The second-order valence-electron chi connectivity index (χ2n) is 5.05. The summed E-state index contributed by atoms with van der Waals surface area (Å²) in [5, 5.41) is 6.09. The molecule has 1 aromatic carbocycles. The lowest BCUT2D eigenvalue weighted by Crippen LogP contribution is -2.53. The molecule has 0 aliphatic carbocycles. The standard InChI is InChI=1S/C14H18N4O2/c1-8-13(15-5-6-20-8)14(19)18-10-3-4-11-12(7-10)17-9(2)16-11/h3-4,7-8,13,15H,5-6H2,1-2H3,(H,16,17)(H,18,19)/t8-,13+/m1/s1. The minimum absolute atomic E-state index is 0.0761. The van der Waals surface area contributed by atoms with E-state index in [0.29, 0.717) is 13.2 Å². The van der Waals surface area contributed by atoms with Crippen molar-refractivity contribution in [1.82, 2.24) is 15.3 Å². The number of amides is 1. The lowest BCUT2D eigenvalue weighted by molar-refractivity contribution is -0.123. The van der Waals surface area contributed by atoms with Gasteiger partial charge in [-0.2, -0.15) is 0 Å². The number of carbonyl (C=O) groups is 1. The van der Waals surface area contributed by atoms with Gasteiger partial charge in [0, 0.05) is 12.2 Å². The second-order valence-corrected chi connectivity index (χ2v) is 5.05. The van der Waals surface area contributed by atoms with Crippen LogP contribution in [0.1, 0.15) is 12.7 Å². The van der Waals surface area contributed by atoms with E-state index in [1.807, 2.05) is 32.0 Å². The molecule has 2 heterocycles. The Bertz CT molecular complexity index is 637. The van der Waals surface area contributed by atoms with Crippen molar-refractivity contribution in [2.24, 2.45) is 0 Å². The van der Waals surface area contributed by atoms with Crippen LogP contribution >= 0.6 is 0 Å². The van der Waals surface area contributed by atoms with E-state index in [0.717, 1.165) is 22.5 Å². The first-order valence-corrected chi connectivity index (χ1v) is 6.76. The fourth-order valence-corrected chi connectivity index (χ4v) is 2.46. The van der Waals surface area contributed by atoms with E-state index in [4.69, 9.17) is 4.74 Å². The number of aromatic nitrogens is 2. The van der Waals surface area contributed by atoms with Gasteiger partial charge >= 0.3 is 0 Å². The highest BCUT2D eigenvalue weighted by Gasteiger charge is 2.28. The van der Waals surface area contributed by atoms with E-state index in [1.165, 1.54) is 0 Å². The number of nitrogens with one attached hydrogen (secondary N) is 3. The molecule has 1 saturated heterocycles. The summed E-state index contributed by atoms with van der Waals surface area (Å²) in [7, 11) is 0. The number of carbonyl (C=O) groups excluding carboxylic acids is 1. The molecule has 3 rings (SSSR count). The highest BCUT2D eigenvalue weighted by molar-refractivity contribution is 5.96. The van der Waals surface area contributed by atoms with Crippen LogP contribution in [0.3, 0.4) is 0 Å². The summed E-state index contributed by atoms with van der Waals surface area (Å²) in [5.74, 6) is 0.784. The molecule has 1 aromatic heterocycles. The molecule has 2 aromatic rings. The summed E-state index contributed by atoms with van der Waals surface area (Å²) in [6.07, 6.45) is -0.123. The van der Waals surface area contributed by atoms with Crippen molar-refractivity contribution in [2.45, 2.75) is 26.0 Å². The molecular weight excluding hydrogens is 256 g/mol. The van der Waals surface area contributed by atoms with Crippen molar-refractivity contribution in [3.05, 3.63) is 24.0 Å². The maximum absolute atomic E-state index is 12.2. The van der Waals surface area contributed by atoms with Crippen molar-refractivity contribution >= 4 is 22.6 Å². The fraction of sp³-hybridized carbons (Fsp3) is 0.429. The van der Waals surface area contributed by atoms with Gasteiger partial charge in [-0.25, -0.2) is 4.98 Å². The van der Waals surface area contributed by atoms with Crippen LogP contribution in [0, 0.1) is 6.92 Å². The summed E-state index contributed by atoms with van der Waals surface area (Å²) in [6.45, 7) is 5.15. The van der Waals surface area contributed by atoms with Crippen molar-refractivity contribution < 1.29 is 9.53 Å². The number of ether oxygens (including phenoxy) is 1. The van der Waals surface area contributed by atoms with Gasteiger partial charge < -0.3 is 20.4 Å². The van der Waals surface area contributed by atoms with E-state index in [9.17, 15) is 4.79 Å². The number of rotatable bonds is 2. The van der Waals surface area contributed by atoms with Crippen LogP contribution < -0.4 is 10.6 Å². The van der Waals surface area contributed by atoms with Crippen LogP contribution in [0.4, 0.5) is 5.69 Å². The van der Waals surface area contributed by atoms with Gasteiger partial charge in [-0.05, 0) is 32.0 Å². The number of anilines is 1. The number of aromatic amines is 1. The molecule has 1 aliphatic rings. The third-order valence-corrected chi connectivity index (χ3v) is 3.47. The smallest absolute Gasteiger partial charge is 0.244 e. The Morgan fingerprint density at radius 2 is 2.35 bits per heavy atom. The first kappa shape index (κ1) is 13.1. The number of benzene rings is 1. The molecule has 6 nitrogen and oxygen atoms in total. The molecule has 0 bridgehead atoms. The Hall–Kier alpha value is -1.92. The van der Waals surface area contributed by atoms with Crippen molar-refractivity contribution in [2.75, 3.05) is 18.5 Å². The SMILES string of the molecule is Cc1nc2ccc(NC(=O)[C@H]3NCCO[C@@H]3C)cc2[nH]1. The first-order chi connectivity index (χ1) is 9.63. The predicted octanol–water partition coefficient (Wildman–Crippen LogP) is 1.19. The van der Waals surface area contributed by atoms with Gasteiger partial charge in [0.2, 0.25) is 5.91 Å². The van der Waals surface area contributed by atoms with Crippen LogP contribution in [-0.2, 0) is 9.53 Å². The Labute approximate surface area is 116 Å². The topological polar surface area (TPSA) is 79.0 Å². The maximum Gasteiger partial charge on any atom is 0.244 e. The summed E-state index contributed by atoms with van der Waals surface area (Å²) in [5.41, 5.74) is 2.57. The number of hydrogen-bond donors (Lipinski definition) is 3. The fourth-order valence-electron chi connectivity index (χ4n) is 2.46. The molecular formula is C14H18N4O2. The van der Waals surface area contributed by atoms with E-state index in [2.05, 4.69) is 20.6 Å². The number of imidazole rings is 1. The van der Waals surface area contributed by atoms with Gasteiger partial charge in [0.25, 0.3) is 0 Å². The molecule has 3 N–H and O–H groups in total. The number of H-pyrrole nitrogens is 1. The lowest BCUT2D eigenvalue weighted by atomic mass is 10.1. The zero-order valence-electron chi connectivity index (χ0n) is 11.6. The Kier molecular flexibility index (Phi) is 3.42. The Morgan fingerprint density at radius 3 is 3.15 bits per heavy atom. The number of fused-ring (bicyclic) bond motifs is 1. The van der Waals surface area contributed by atoms with Crippen LogP contribution in [0.15, 0.2) is 18.2 Å². The van der Waals surface area contributed by atoms with Gasteiger partial charge in [-0.1, -0.05) is 0 Å². The second kappa shape index (κ2) is 5.22. The number of aryl methyl sites for hydroxylation is 1. The first-order valence-electron chi connectivity index (χ1n) is 6.76. The van der Waals surface area contributed by atoms with E-state index >= 15 is 0 Å². The molecule has 20 heavy (non-hydrogen) atoms. The molecule has 1 aliphatic heterocycles. The maximum atomic E-state index is 12.2. The quantitative estimate of drug-likeness (QED) is 0.768. The van der Waals surface area contributed by atoms with Crippen molar-refractivity contribution in [3.8, 4) is 0 Å². The van der Waals surface area contributed by atoms with Gasteiger partial charge in [0.15, 0.2) is 0 Å². The van der Waals surface area contributed by atoms with E-state index in [-0.39, 0.29) is 18.1 Å². The summed E-state index contributed by atoms with van der Waals surface area (Å²) in [6, 6.07) is 5.32. The summed E-state index contributed by atoms with van der Waals surface area (Å²) < 4.78 is 5.48. The van der Waals surface area contributed by atoms with Crippen molar-refractivity contribution in [3.63, 3.8) is 0 Å².